The molecule has 0 radical (unpaired) electrons. The van der Waals surface area contributed by atoms with Crippen LogP contribution in [0.1, 0.15) is 21.5 Å². The van der Waals surface area contributed by atoms with Crippen LogP contribution in [-0.2, 0) is 13.0 Å². The highest BCUT2D eigenvalue weighted by Crippen LogP contribution is 2.15. The van der Waals surface area contributed by atoms with Crippen molar-refractivity contribution in [3.63, 3.8) is 0 Å². The molecule has 3 heteroatoms. The summed E-state index contributed by atoms with van der Waals surface area (Å²) in [5, 5.41) is 0. The maximum Gasteiger partial charge on any atom is 0.254 e. The number of rotatable bonds is 6. The molecule has 0 bridgehead atoms. The van der Waals surface area contributed by atoms with Crippen LogP contribution in [0.25, 0.3) is 0 Å². The smallest absolute Gasteiger partial charge is 0.254 e. The average Bonchev–Trinajstić information content (AvgIpc) is 2.67. The van der Waals surface area contributed by atoms with Gasteiger partial charge in [0.2, 0.25) is 0 Å². The third kappa shape index (κ3) is 5.04. The van der Waals surface area contributed by atoms with Gasteiger partial charge in [-0.1, -0.05) is 76.6 Å². The van der Waals surface area contributed by atoms with E-state index in [4.69, 9.17) is 0 Å². The number of carbonyl (C=O) groups excluding carboxylic acids is 1. The number of halogens is 1. The Bertz CT molecular complexity index is 800. The van der Waals surface area contributed by atoms with Crippen molar-refractivity contribution in [2.45, 2.75) is 13.0 Å². The quantitative estimate of drug-likeness (QED) is 0.553. The first-order valence-corrected chi connectivity index (χ1v) is 9.14. The number of nitrogens with zero attached hydrogens (tertiary/aromatic N) is 1. The van der Waals surface area contributed by atoms with Crippen LogP contribution in [0.2, 0.25) is 0 Å². The van der Waals surface area contributed by atoms with Crippen LogP contribution in [0.15, 0.2) is 89.4 Å². The molecule has 0 saturated carbocycles. The largest absolute Gasteiger partial charge is 0.334 e. The minimum absolute atomic E-state index is 0.0623. The predicted octanol–water partition coefficient (Wildman–Crippen LogP) is 5.33. The monoisotopic (exact) mass is 393 g/mol. The Hall–Kier alpha value is -2.39. The minimum atomic E-state index is 0.0623. The lowest BCUT2D eigenvalue weighted by atomic mass is 10.1. The van der Waals surface area contributed by atoms with E-state index in [0.29, 0.717) is 18.7 Å². The Morgan fingerprint density at radius 1 is 0.760 bits per heavy atom. The number of hydrogen-bond acceptors (Lipinski definition) is 1. The highest BCUT2D eigenvalue weighted by molar-refractivity contribution is 9.10. The van der Waals surface area contributed by atoms with E-state index in [2.05, 4.69) is 40.2 Å². The van der Waals surface area contributed by atoms with Crippen LogP contribution >= 0.6 is 15.9 Å². The molecular formula is C22H20BrNO. The molecule has 0 aliphatic carbocycles. The lowest BCUT2D eigenvalue weighted by Gasteiger charge is -2.23. The van der Waals surface area contributed by atoms with Gasteiger partial charge in [-0.05, 0) is 41.8 Å². The first-order valence-electron chi connectivity index (χ1n) is 8.35. The molecule has 1 amide bonds. The third-order valence-corrected chi connectivity index (χ3v) is 4.64. The summed E-state index contributed by atoms with van der Waals surface area (Å²) in [6.45, 7) is 1.30. The fourth-order valence-electron chi connectivity index (χ4n) is 2.74. The Labute approximate surface area is 157 Å². The van der Waals surface area contributed by atoms with Gasteiger partial charge in [-0.2, -0.15) is 0 Å². The highest BCUT2D eigenvalue weighted by atomic mass is 79.9. The van der Waals surface area contributed by atoms with Gasteiger partial charge in [0.05, 0.1) is 0 Å². The topological polar surface area (TPSA) is 20.3 Å². The molecule has 25 heavy (non-hydrogen) atoms. The molecule has 0 heterocycles. The molecule has 0 saturated heterocycles. The van der Waals surface area contributed by atoms with Gasteiger partial charge >= 0.3 is 0 Å². The second-order valence-corrected chi connectivity index (χ2v) is 6.87. The van der Waals surface area contributed by atoms with Gasteiger partial charge in [-0.25, -0.2) is 0 Å². The Balaban J connectivity index is 1.77. The summed E-state index contributed by atoms with van der Waals surface area (Å²) in [6.07, 6.45) is 0.843. The molecule has 126 valence electrons. The van der Waals surface area contributed by atoms with E-state index in [1.165, 1.54) is 5.56 Å². The molecule has 0 aliphatic heterocycles. The Morgan fingerprint density at radius 3 is 1.92 bits per heavy atom. The van der Waals surface area contributed by atoms with Crippen molar-refractivity contribution in [3.8, 4) is 0 Å². The van der Waals surface area contributed by atoms with E-state index >= 15 is 0 Å². The molecule has 3 aromatic carbocycles. The standard InChI is InChI=1S/C22H20BrNO/c23-21-13-11-20(12-14-21)22(25)24(17-19-9-5-2-6-10-19)16-15-18-7-3-1-4-8-18/h1-14H,15-17H2. The summed E-state index contributed by atoms with van der Waals surface area (Å²) in [5.41, 5.74) is 3.09. The SMILES string of the molecule is O=C(c1ccc(Br)cc1)N(CCc1ccccc1)Cc1ccccc1. The summed E-state index contributed by atoms with van der Waals surface area (Å²) in [5.74, 6) is 0.0623. The molecule has 0 atom stereocenters. The zero-order valence-electron chi connectivity index (χ0n) is 13.9. The zero-order chi connectivity index (χ0) is 17.5. The van der Waals surface area contributed by atoms with Gasteiger partial charge in [0, 0.05) is 23.1 Å². The third-order valence-electron chi connectivity index (χ3n) is 4.11. The molecule has 0 unspecified atom stereocenters. The normalized spacial score (nSPS) is 10.4. The lowest BCUT2D eigenvalue weighted by molar-refractivity contribution is 0.0745. The molecule has 3 rings (SSSR count). The van der Waals surface area contributed by atoms with Crippen molar-refractivity contribution in [2.75, 3.05) is 6.54 Å². The van der Waals surface area contributed by atoms with Crippen LogP contribution in [0, 0.1) is 0 Å². The first kappa shape index (κ1) is 17.4. The number of amides is 1. The number of hydrogen-bond donors (Lipinski definition) is 0. The molecule has 0 N–H and O–H groups in total. The first-order chi connectivity index (χ1) is 12.2. The van der Waals surface area contributed by atoms with Crippen LogP contribution < -0.4 is 0 Å². The van der Waals surface area contributed by atoms with Crippen LogP contribution in [-0.4, -0.2) is 17.4 Å². The van der Waals surface area contributed by atoms with Gasteiger partial charge in [0.25, 0.3) is 5.91 Å². The maximum absolute atomic E-state index is 13.0. The molecular weight excluding hydrogens is 374 g/mol. The van der Waals surface area contributed by atoms with Crippen LogP contribution in [0.5, 0.6) is 0 Å². The van der Waals surface area contributed by atoms with E-state index in [0.717, 1.165) is 16.5 Å². The van der Waals surface area contributed by atoms with Gasteiger partial charge < -0.3 is 4.90 Å². The van der Waals surface area contributed by atoms with Gasteiger partial charge in [0.15, 0.2) is 0 Å². The number of benzene rings is 3. The number of carbonyl (C=O) groups is 1. The van der Waals surface area contributed by atoms with E-state index in [9.17, 15) is 4.79 Å². The summed E-state index contributed by atoms with van der Waals surface area (Å²) in [4.78, 5) is 14.9. The van der Waals surface area contributed by atoms with Gasteiger partial charge in [0.1, 0.15) is 0 Å². The summed E-state index contributed by atoms with van der Waals surface area (Å²) < 4.78 is 0.975. The molecule has 2 nitrogen and oxygen atoms in total. The molecule has 0 aromatic heterocycles. The van der Waals surface area contributed by atoms with Crippen LogP contribution in [0.3, 0.4) is 0 Å². The average molecular weight is 394 g/mol. The van der Waals surface area contributed by atoms with Crippen LogP contribution in [0.4, 0.5) is 0 Å². The molecule has 0 fully saturated rings. The van der Waals surface area contributed by atoms with Crippen molar-refractivity contribution in [2.24, 2.45) is 0 Å². The van der Waals surface area contributed by atoms with Crippen molar-refractivity contribution in [3.05, 3.63) is 106 Å². The molecule has 0 spiro atoms. The van der Waals surface area contributed by atoms with Crippen molar-refractivity contribution >= 4 is 21.8 Å². The highest BCUT2D eigenvalue weighted by Gasteiger charge is 2.16. The van der Waals surface area contributed by atoms with Crippen molar-refractivity contribution in [1.29, 1.82) is 0 Å². The van der Waals surface area contributed by atoms with Crippen molar-refractivity contribution in [1.82, 2.24) is 4.90 Å². The molecule has 0 aliphatic rings. The fraction of sp³-hybridized carbons (Fsp3) is 0.136. The van der Waals surface area contributed by atoms with Gasteiger partial charge in [-0.15, -0.1) is 0 Å². The van der Waals surface area contributed by atoms with E-state index in [1.807, 2.05) is 65.6 Å². The minimum Gasteiger partial charge on any atom is -0.334 e. The summed E-state index contributed by atoms with van der Waals surface area (Å²) in [7, 11) is 0. The van der Waals surface area contributed by atoms with Gasteiger partial charge in [-0.3, -0.25) is 4.79 Å². The second kappa shape index (κ2) is 8.63. The van der Waals surface area contributed by atoms with Crippen molar-refractivity contribution < 1.29 is 4.79 Å². The maximum atomic E-state index is 13.0. The second-order valence-electron chi connectivity index (χ2n) is 5.95. The fourth-order valence-corrected chi connectivity index (χ4v) is 3.00. The lowest BCUT2D eigenvalue weighted by Crippen LogP contribution is -2.32. The predicted molar refractivity (Wildman–Crippen MR) is 105 cm³/mol. The Kier molecular flexibility index (Phi) is 6.02. The summed E-state index contributed by atoms with van der Waals surface area (Å²) in [6, 6.07) is 28.0. The summed E-state index contributed by atoms with van der Waals surface area (Å²) >= 11 is 3.42. The Morgan fingerprint density at radius 2 is 1.32 bits per heavy atom. The van der Waals surface area contributed by atoms with E-state index in [1.54, 1.807) is 0 Å². The molecule has 3 aromatic rings. The van der Waals surface area contributed by atoms with E-state index in [-0.39, 0.29) is 5.91 Å². The zero-order valence-corrected chi connectivity index (χ0v) is 15.5. The van der Waals surface area contributed by atoms with E-state index < -0.39 is 0 Å².